The normalized spacial score (nSPS) is 10.9. The molecule has 0 aromatic heterocycles. The molecule has 0 aliphatic rings. The Morgan fingerprint density at radius 3 is 2.36 bits per heavy atom. The molecule has 154 valence electrons. The summed E-state index contributed by atoms with van der Waals surface area (Å²) < 4.78 is 12.2. The van der Waals surface area contributed by atoms with E-state index in [1.54, 1.807) is 11.8 Å². The fourth-order valence-corrected chi connectivity index (χ4v) is 4.08. The van der Waals surface area contributed by atoms with Crippen molar-refractivity contribution in [2.45, 2.75) is 64.7 Å². The highest BCUT2D eigenvalue weighted by atomic mass is 32.2. The van der Waals surface area contributed by atoms with Gasteiger partial charge in [0.05, 0.1) is 13.2 Å². The summed E-state index contributed by atoms with van der Waals surface area (Å²) in [5.41, 5.74) is 0. The van der Waals surface area contributed by atoms with Crippen LogP contribution in [-0.2, 0) is 4.74 Å². The number of thioether (sulfide) groups is 1. The zero-order valence-corrected chi connectivity index (χ0v) is 18.8. The molecule has 28 heavy (non-hydrogen) atoms. The van der Waals surface area contributed by atoms with Crippen molar-refractivity contribution >= 4 is 39.1 Å². The highest BCUT2D eigenvalue weighted by Crippen LogP contribution is 2.21. The predicted molar refractivity (Wildman–Crippen MR) is 128 cm³/mol. The third kappa shape index (κ3) is 9.79. The number of rotatable bonds is 14. The second-order valence-electron chi connectivity index (χ2n) is 7.13. The van der Waals surface area contributed by atoms with E-state index in [4.69, 9.17) is 21.7 Å². The Kier molecular flexibility index (Phi) is 12.1. The van der Waals surface area contributed by atoms with Gasteiger partial charge in [0.15, 0.2) is 0 Å². The van der Waals surface area contributed by atoms with Crippen molar-refractivity contribution in [2.75, 3.05) is 19.0 Å². The van der Waals surface area contributed by atoms with Crippen LogP contribution in [0.25, 0.3) is 10.8 Å². The average molecular weight is 419 g/mol. The van der Waals surface area contributed by atoms with Crippen LogP contribution in [0.2, 0.25) is 0 Å². The molecule has 2 aromatic rings. The van der Waals surface area contributed by atoms with E-state index in [9.17, 15) is 0 Å². The van der Waals surface area contributed by atoms with Crippen LogP contribution in [0.15, 0.2) is 42.5 Å². The largest absolute Gasteiger partial charge is 0.494 e. The Balaban J connectivity index is 1.43. The maximum absolute atomic E-state index is 5.87. The highest BCUT2D eigenvalue weighted by Gasteiger charge is 2.01. The summed E-state index contributed by atoms with van der Waals surface area (Å²) in [6, 6.07) is 14.6. The van der Waals surface area contributed by atoms with Crippen LogP contribution in [0.3, 0.4) is 0 Å². The van der Waals surface area contributed by atoms with Gasteiger partial charge in [-0.15, -0.1) is 0 Å². The number of hydrogen-bond donors (Lipinski definition) is 0. The van der Waals surface area contributed by atoms with Gasteiger partial charge in [0, 0.05) is 5.75 Å². The van der Waals surface area contributed by atoms with Crippen molar-refractivity contribution in [3.05, 3.63) is 42.5 Å². The minimum atomic E-state index is 0.696. The lowest BCUT2D eigenvalue weighted by molar-refractivity contribution is 0.307. The third-order valence-corrected chi connectivity index (χ3v) is 6.03. The van der Waals surface area contributed by atoms with Gasteiger partial charge in [0.1, 0.15) is 5.75 Å². The first-order valence-corrected chi connectivity index (χ1v) is 12.1. The van der Waals surface area contributed by atoms with E-state index in [1.165, 1.54) is 49.3 Å². The SMILES string of the molecule is CCCCCCCCCOC(=S)SCCCCOc1ccc2ccccc2c1. The van der Waals surface area contributed by atoms with Crippen molar-refractivity contribution in [3.63, 3.8) is 0 Å². The summed E-state index contributed by atoms with van der Waals surface area (Å²) in [6.07, 6.45) is 11.2. The van der Waals surface area contributed by atoms with E-state index in [0.717, 1.165) is 44.0 Å². The highest BCUT2D eigenvalue weighted by molar-refractivity contribution is 8.22. The first-order chi connectivity index (χ1) is 13.8. The average Bonchev–Trinajstić information content (AvgIpc) is 2.72. The molecule has 0 bridgehead atoms. The summed E-state index contributed by atoms with van der Waals surface area (Å²) in [5, 5.41) is 2.47. The topological polar surface area (TPSA) is 18.5 Å². The summed E-state index contributed by atoms with van der Waals surface area (Å²) in [7, 11) is 0. The Labute approximate surface area is 180 Å². The van der Waals surface area contributed by atoms with E-state index in [0.29, 0.717) is 4.38 Å². The molecule has 2 rings (SSSR count). The van der Waals surface area contributed by atoms with Gasteiger partial charge in [-0.05, 0) is 54.4 Å². The summed E-state index contributed by atoms with van der Waals surface area (Å²) >= 11 is 6.95. The van der Waals surface area contributed by atoms with E-state index >= 15 is 0 Å². The quantitative estimate of drug-likeness (QED) is 0.230. The summed E-state index contributed by atoms with van der Waals surface area (Å²) in [6.45, 7) is 3.76. The lowest BCUT2D eigenvalue weighted by atomic mass is 10.1. The first-order valence-electron chi connectivity index (χ1n) is 10.7. The Morgan fingerprint density at radius 2 is 1.54 bits per heavy atom. The smallest absolute Gasteiger partial charge is 0.219 e. The molecule has 0 aliphatic heterocycles. The van der Waals surface area contributed by atoms with Crippen molar-refractivity contribution in [1.29, 1.82) is 0 Å². The van der Waals surface area contributed by atoms with Crippen LogP contribution >= 0.6 is 24.0 Å². The Morgan fingerprint density at radius 1 is 0.821 bits per heavy atom. The van der Waals surface area contributed by atoms with Crippen molar-refractivity contribution in [2.24, 2.45) is 0 Å². The molecule has 0 atom stereocenters. The first kappa shape index (κ1) is 23.0. The molecular formula is C24H34O2S2. The van der Waals surface area contributed by atoms with Gasteiger partial charge in [0.2, 0.25) is 4.38 Å². The van der Waals surface area contributed by atoms with Crippen LogP contribution < -0.4 is 4.74 Å². The standard InChI is InChI=1S/C24H34O2S2/c1-2-3-4-5-6-7-10-18-26-24(27)28-19-12-11-17-25-23-16-15-21-13-8-9-14-22(21)20-23/h8-9,13-16,20H,2-7,10-12,17-19H2,1H3. The monoisotopic (exact) mass is 418 g/mol. The van der Waals surface area contributed by atoms with Gasteiger partial charge in [-0.2, -0.15) is 0 Å². The number of unbranched alkanes of at least 4 members (excludes halogenated alkanes) is 7. The lowest BCUT2D eigenvalue weighted by Gasteiger charge is -2.08. The maximum Gasteiger partial charge on any atom is 0.219 e. The molecule has 2 aromatic carbocycles. The maximum atomic E-state index is 5.87. The Hall–Kier alpha value is -1.26. The number of benzene rings is 2. The molecule has 2 nitrogen and oxygen atoms in total. The van der Waals surface area contributed by atoms with Crippen LogP contribution in [0.1, 0.15) is 64.7 Å². The molecule has 0 heterocycles. The van der Waals surface area contributed by atoms with Crippen LogP contribution in [-0.4, -0.2) is 23.3 Å². The molecule has 0 radical (unpaired) electrons. The number of ether oxygens (including phenoxy) is 2. The van der Waals surface area contributed by atoms with Gasteiger partial charge >= 0.3 is 0 Å². The minimum Gasteiger partial charge on any atom is -0.494 e. The van der Waals surface area contributed by atoms with Gasteiger partial charge < -0.3 is 9.47 Å². The minimum absolute atomic E-state index is 0.696. The van der Waals surface area contributed by atoms with E-state index < -0.39 is 0 Å². The summed E-state index contributed by atoms with van der Waals surface area (Å²) in [5.74, 6) is 1.94. The van der Waals surface area contributed by atoms with Crippen molar-refractivity contribution in [3.8, 4) is 5.75 Å². The van der Waals surface area contributed by atoms with Crippen molar-refractivity contribution < 1.29 is 9.47 Å². The molecule has 0 saturated carbocycles. The second kappa shape index (κ2) is 14.7. The van der Waals surface area contributed by atoms with Crippen LogP contribution in [0.4, 0.5) is 0 Å². The lowest BCUT2D eigenvalue weighted by Crippen LogP contribution is -2.02. The van der Waals surface area contributed by atoms with E-state index in [2.05, 4.69) is 43.3 Å². The van der Waals surface area contributed by atoms with E-state index in [1.807, 2.05) is 6.07 Å². The Bertz CT molecular complexity index is 687. The molecule has 0 unspecified atom stereocenters. The van der Waals surface area contributed by atoms with Crippen LogP contribution in [0, 0.1) is 0 Å². The van der Waals surface area contributed by atoms with Gasteiger partial charge in [-0.1, -0.05) is 87.5 Å². The molecular weight excluding hydrogens is 384 g/mol. The van der Waals surface area contributed by atoms with E-state index in [-0.39, 0.29) is 0 Å². The molecule has 0 saturated heterocycles. The fourth-order valence-electron chi connectivity index (χ4n) is 3.06. The molecule has 0 aliphatic carbocycles. The van der Waals surface area contributed by atoms with Gasteiger partial charge in [-0.3, -0.25) is 0 Å². The molecule has 0 amide bonds. The number of fused-ring (bicyclic) bond motifs is 1. The predicted octanol–water partition coefficient (Wildman–Crippen LogP) is 7.78. The van der Waals surface area contributed by atoms with Crippen molar-refractivity contribution in [1.82, 2.24) is 0 Å². The third-order valence-electron chi connectivity index (χ3n) is 4.72. The van der Waals surface area contributed by atoms with Gasteiger partial charge in [-0.25, -0.2) is 0 Å². The molecule has 0 N–H and O–H groups in total. The zero-order valence-electron chi connectivity index (χ0n) is 17.2. The second-order valence-corrected chi connectivity index (χ2v) is 8.83. The fraction of sp³-hybridized carbons (Fsp3) is 0.542. The molecule has 4 heteroatoms. The number of thiocarbonyl (C=S) groups is 1. The van der Waals surface area contributed by atoms with Gasteiger partial charge in [0.25, 0.3) is 0 Å². The summed E-state index contributed by atoms with van der Waals surface area (Å²) in [4.78, 5) is 0. The molecule has 0 spiro atoms. The zero-order chi connectivity index (χ0) is 19.9. The molecule has 0 fully saturated rings. The number of hydrogen-bond acceptors (Lipinski definition) is 4. The van der Waals surface area contributed by atoms with Crippen LogP contribution in [0.5, 0.6) is 5.75 Å².